The van der Waals surface area contributed by atoms with Crippen molar-refractivity contribution < 1.29 is 9.66 Å². The average Bonchev–Trinajstić information content (AvgIpc) is 2.33. The molecule has 0 heterocycles. The summed E-state index contributed by atoms with van der Waals surface area (Å²) >= 11 is 5.83. The number of hydrogen-bond acceptors (Lipinski definition) is 4. The van der Waals surface area contributed by atoms with Crippen LogP contribution < -0.4 is 5.32 Å². The van der Waals surface area contributed by atoms with Crippen molar-refractivity contribution in [3.05, 3.63) is 38.9 Å². The van der Waals surface area contributed by atoms with E-state index in [2.05, 4.69) is 5.32 Å². The lowest BCUT2D eigenvalue weighted by molar-refractivity contribution is -0.385. The topological polar surface area (TPSA) is 64.4 Å². The molecule has 0 amide bonds. The molecule has 6 heteroatoms. The monoisotopic (exact) mass is 272 g/mol. The van der Waals surface area contributed by atoms with Crippen molar-refractivity contribution in [2.75, 3.05) is 19.8 Å². The SMILES string of the molecule is CCOCCCNCc1cc(Cl)ccc1[N+](=O)[O-]. The van der Waals surface area contributed by atoms with Crippen molar-refractivity contribution in [1.82, 2.24) is 5.32 Å². The first kappa shape index (κ1) is 14.9. The Bertz CT molecular complexity index is 399. The number of halogens is 1. The number of nitro groups is 1. The van der Waals surface area contributed by atoms with Crippen molar-refractivity contribution in [3.63, 3.8) is 0 Å². The van der Waals surface area contributed by atoms with E-state index in [1.807, 2.05) is 6.92 Å². The van der Waals surface area contributed by atoms with Gasteiger partial charge in [0.25, 0.3) is 5.69 Å². The fraction of sp³-hybridized carbons (Fsp3) is 0.500. The van der Waals surface area contributed by atoms with Crippen LogP contribution in [0, 0.1) is 10.1 Å². The van der Waals surface area contributed by atoms with Crippen LogP contribution in [0.4, 0.5) is 5.69 Å². The minimum atomic E-state index is -0.395. The van der Waals surface area contributed by atoms with Gasteiger partial charge in [-0.15, -0.1) is 0 Å². The van der Waals surface area contributed by atoms with Gasteiger partial charge in [0.1, 0.15) is 0 Å². The third-order valence-electron chi connectivity index (χ3n) is 2.40. The van der Waals surface area contributed by atoms with Crippen molar-refractivity contribution in [3.8, 4) is 0 Å². The fourth-order valence-corrected chi connectivity index (χ4v) is 1.74. The minimum Gasteiger partial charge on any atom is -0.382 e. The molecule has 1 aromatic rings. The summed E-state index contributed by atoms with van der Waals surface area (Å²) in [7, 11) is 0. The molecule has 1 aromatic carbocycles. The summed E-state index contributed by atoms with van der Waals surface area (Å²) in [4.78, 5) is 10.4. The molecule has 100 valence electrons. The predicted octanol–water partition coefficient (Wildman–Crippen LogP) is 2.76. The Balaban J connectivity index is 2.45. The molecular formula is C12H17ClN2O3. The van der Waals surface area contributed by atoms with Crippen molar-refractivity contribution in [2.45, 2.75) is 19.9 Å². The predicted molar refractivity (Wildman–Crippen MR) is 70.9 cm³/mol. The zero-order valence-electron chi connectivity index (χ0n) is 10.3. The number of nitrogens with one attached hydrogen (secondary N) is 1. The molecule has 0 aromatic heterocycles. The van der Waals surface area contributed by atoms with Crippen LogP contribution in [-0.2, 0) is 11.3 Å². The van der Waals surface area contributed by atoms with Gasteiger partial charge in [-0.1, -0.05) is 11.6 Å². The van der Waals surface area contributed by atoms with Crippen molar-refractivity contribution in [2.24, 2.45) is 0 Å². The molecule has 0 aliphatic heterocycles. The Morgan fingerprint density at radius 3 is 2.94 bits per heavy atom. The van der Waals surface area contributed by atoms with E-state index < -0.39 is 4.92 Å². The van der Waals surface area contributed by atoms with Crippen LogP contribution in [0.2, 0.25) is 5.02 Å². The van der Waals surface area contributed by atoms with Crippen LogP contribution in [0.1, 0.15) is 18.9 Å². The highest BCUT2D eigenvalue weighted by Gasteiger charge is 2.12. The summed E-state index contributed by atoms with van der Waals surface area (Å²) in [6.07, 6.45) is 0.877. The maximum absolute atomic E-state index is 10.8. The third-order valence-corrected chi connectivity index (χ3v) is 2.64. The Morgan fingerprint density at radius 1 is 1.50 bits per heavy atom. The summed E-state index contributed by atoms with van der Waals surface area (Å²) in [6, 6.07) is 4.58. The van der Waals surface area contributed by atoms with Gasteiger partial charge in [0, 0.05) is 36.4 Å². The maximum atomic E-state index is 10.8. The molecule has 0 saturated heterocycles. The summed E-state index contributed by atoms with van der Waals surface area (Å²) in [5.74, 6) is 0. The molecule has 0 spiro atoms. The van der Waals surface area contributed by atoms with Crippen LogP contribution in [0.25, 0.3) is 0 Å². The Hall–Kier alpha value is -1.17. The van der Waals surface area contributed by atoms with E-state index in [0.717, 1.165) is 13.0 Å². The van der Waals surface area contributed by atoms with E-state index in [-0.39, 0.29) is 5.69 Å². The second-order valence-electron chi connectivity index (χ2n) is 3.76. The van der Waals surface area contributed by atoms with E-state index in [0.29, 0.717) is 30.3 Å². The molecule has 0 bridgehead atoms. The molecule has 0 atom stereocenters. The van der Waals surface area contributed by atoms with Gasteiger partial charge in [0.15, 0.2) is 0 Å². The van der Waals surface area contributed by atoms with Gasteiger partial charge in [-0.05, 0) is 32.0 Å². The largest absolute Gasteiger partial charge is 0.382 e. The second-order valence-corrected chi connectivity index (χ2v) is 4.19. The summed E-state index contributed by atoms with van der Waals surface area (Å²) in [6.45, 7) is 4.54. The maximum Gasteiger partial charge on any atom is 0.273 e. The lowest BCUT2D eigenvalue weighted by Gasteiger charge is -2.06. The highest BCUT2D eigenvalue weighted by atomic mass is 35.5. The number of ether oxygens (including phenoxy) is 1. The molecule has 0 aliphatic carbocycles. The lowest BCUT2D eigenvalue weighted by atomic mass is 10.2. The first-order valence-electron chi connectivity index (χ1n) is 5.86. The van der Waals surface area contributed by atoms with Crippen LogP contribution in [0.3, 0.4) is 0 Å². The standard InChI is InChI=1S/C12H17ClN2O3/c1-2-18-7-3-6-14-9-10-8-11(13)4-5-12(10)15(16)17/h4-5,8,14H,2-3,6-7,9H2,1H3. The number of rotatable bonds is 8. The number of hydrogen-bond donors (Lipinski definition) is 1. The van der Waals surface area contributed by atoms with Gasteiger partial charge in [0.2, 0.25) is 0 Å². The molecule has 5 nitrogen and oxygen atoms in total. The first-order chi connectivity index (χ1) is 8.65. The van der Waals surface area contributed by atoms with Gasteiger partial charge in [-0.2, -0.15) is 0 Å². The Kier molecular flexibility index (Phi) is 6.64. The van der Waals surface area contributed by atoms with Crippen LogP contribution in [0.5, 0.6) is 0 Å². The second kappa shape index (κ2) is 8.02. The van der Waals surface area contributed by atoms with E-state index in [1.165, 1.54) is 12.1 Å². The van der Waals surface area contributed by atoms with Gasteiger partial charge in [-0.25, -0.2) is 0 Å². The highest BCUT2D eigenvalue weighted by molar-refractivity contribution is 6.30. The molecule has 0 fully saturated rings. The number of nitrogens with zero attached hydrogens (tertiary/aromatic N) is 1. The molecule has 1 rings (SSSR count). The van der Waals surface area contributed by atoms with E-state index in [4.69, 9.17) is 16.3 Å². The zero-order chi connectivity index (χ0) is 13.4. The smallest absolute Gasteiger partial charge is 0.273 e. The van der Waals surface area contributed by atoms with Gasteiger partial charge in [0.05, 0.1) is 4.92 Å². The van der Waals surface area contributed by atoms with Crippen LogP contribution >= 0.6 is 11.6 Å². The van der Waals surface area contributed by atoms with Gasteiger partial charge in [-0.3, -0.25) is 10.1 Å². The molecule has 1 N–H and O–H groups in total. The number of benzene rings is 1. The van der Waals surface area contributed by atoms with Crippen LogP contribution in [0.15, 0.2) is 18.2 Å². The first-order valence-corrected chi connectivity index (χ1v) is 6.24. The third kappa shape index (κ3) is 5.00. The van der Waals surface area contributed by atoms with Crippen molar-refractivity contribution >= 4 is 17.3 Å². The minimum absolute atomic E-state index is 0.0942. The average molecular weight is 273 g/mol. The van der Waals surface area contributed by atoms with E-state index in [9.17, 15) is 10.1 Å². The Morgan fingerprint density at radius 2 is 2.28 bits per heavy atom. The Labute approximate surface area is 111 Å². The zero-order valence-corrected chi connectivity index (χ0v) is 11.1. The molecule has 18 heavy (non-hydrogen) atoms. The lowest BCUT2D eigenvalue weighted by Crippen LogP contribution is -2.17. The molecule has 0 saturated carbocycles. The highest BCUT2D eigenvalue weighted by Crippen LogP contribution is 2.22. The fourth-order valence-electron chi connectivity index (χ4n) is 1.54. The summed E-state index contributed by atoms with van der Waals surface area (Å²) < 4.78 is 5.20. The van der Waals surface area contributed by atoms with Crippen LogP contribution in [-0.4, -0.2) is 24.7 Å². The molecule has 0 unspecified atom stereocenters. The van der Waals surface area contributed by atoms with Gasteiger partial charge >= 0.3 is 0 Å². The quantitative estimate of drug-likeness (QED) is 0.449. The number of nitro benzene ring substituents is 1. The summed E-state index contributed by atoms with van der Waals surface area (Å²) in [5, 5.41) is 14.5. The van der Waals surface area contributed by atoms with Crippen molar-refractivity contribution in [1.29, 1.82) is 0 Å². The summed E-state index contributed by atoms with van der Waals surface area (Å²) in [5.41, 5.74) is 0.695. The van der Waals surface area contributed by atoms with E-state index >= 15 is 0 Å². The molecule has 0 radical (unpaired) electrons. The van der Waals surface area contributed by atoms with Gasteiger partial charge < -0.3 is 10.1 Å². The molecular weight excluding hydrogens is 256 g/mol. The normalized spacial score (nSPS) is 10.6. The van der Waals surface area contributed by atoms with E-state index in [1.54, 1.807) is 6.07 Å². The molecule has 0 aliphatic rings.